The van der Waals surface area contributed by atoms with Crippen molar-refractivity contribution in [2.75, 3.05) is 27.9 Å². The summed E-state index contributed by atoms with van der Waals surface area (Å²) in [5.41, 5.74) is 2.38. The normalized spacial score (nSPS) is 10.3. The van der Waals surface area contributed by atoms with E-state index in [2.05, 4.69) is 17.4 Å². The van der Waals surface area contributed by atoms with Gasteiger partial charge < -0.3 is 19.5 Å². The van der Waals surface area contributed by atoms with Gasteiger partial charge in [-0.15, -0.1) is 0 Å². The van der Waals surface area contributed by atoms with Crippen LogP contribution in [-0.4, -0.2) is 27.9 Å². The standard InChI is InChI=1S/C18H23NO3/c1-20-16-6-4-14(5-7-16)13-19-11-10-15-12-17(21-2)8-9-18(15)22-3/h4-9,12,19H,10-11,13H2,1-3H3. The molecule has 2 rings (SSSR count). The Hall–Kier alpha value is -2.20. The van der Waals surface area contributed by atoms with Crippen LogP contribution < -0.4 is 19.5 Å². The number of benzene rings is 2. The summed E-state index contributed by atoms with van der Waals surface area (Å²) in [6.07, 6.45) is 0.885. The highest BCUT2D eigenvalue weighted by Crippen LogP contribution is 2.24. The molecule has 0 radical (unpaired) electrons. The molecular weight excluding hydrogens is 278 g/mol. The maximum atomic E-state index is 5.39. The van der Waals surface area contributed by atoms with Gasteiger partial charge in [-0.25, -0.2) is 0 Å². The van der Waals surface area contributed by atoms with E-state index < -0.39 is 0 Å². The third-order valence-corrected chi connectivity index (χ3v) is 3.55. The fraction of sp³-hybridized carbons (Fsp3) is 0.333. The van der Waals surface area contributed by atoms with E-state index in [1.165, 1.54) is 5.56 Å². The first-order valence-electron chi connectivity index (χ1n) is 7.31. The predicted molar refractivity (Wildman–Crippen MR) is 88.0 cm³/mol. The van der Waals surface area contributed by atoms with Crippen molar-refractivity contribution in [1.29, 1.82) is 0 Å². The van der Waals surface area contributed by atoms with Gasteiger partial charge in [-0.1, -0.05) is 12.1 Å². The molecule has 4 heteroatoms. The number of hydrogen-bond acceptors (Lipinski definition) is 4. The number of ether oxygens (including phenoxy) is 3. The predicted octanol–water partition coefficient (Wildman–Crippen LogP) is 3.04. The molecular formula is C18H23NO3. The monoisotopic (exact) mass is 301 g/mol. The van der Waals surface area contributed by atoms with Crippen molar-refractivity contribution < 1.29 is 14.2 Å². The summed E-state index contributed by atoms with van der Waals surface area (Å²) in [7, 11) is 5.04. The summed E-state index contributed by atoms with van der Waals surface area (Å²) in [4.78, 5) is 0. The van der Waals surface area contributed by atoms with E-state index in [0.717, 1.165) is 42.3 Å². The summed E-state index contributed by atoms with van der Waals surface area (Å²) in [6, 6.07) is 14.0. The second-order valence-electron chi connectivity index (χ2n) is 4.95. The molecule has 4 nitrogen and oxygen atoms in total. The first kappa shape index (κ1) is 16.2. The molecule has 0 saturated heterocycles. The Morgan fingerprint density at radius 1 is 0.818 bits per heavy atom. The maximum Gasteiger partial charge on any atom is 0.122 e. The second-order valence-corrected chi connectivity index (χ2v) is 4.95. The molecule has 0 aliphatic rings. The van der Waals surface area contributed by atoms with E-state index in [1.807, 2.05) is 30.3 Å². The molecule has 2 aromatic rings. The zero-order valence-corrected chi connectivity index (χ0v) is 13.4. The molecule has 0 aliphatic heterocycles. The highest BCUT2D eigenvalue weighted by atomic mass is 16.5. The van der Waals surface area contributed by atoms with E-state index in [0.29, 0.717) is 0 Å². The maximum absolute atomic E-state index is 5.39. The molecule has 0 bridgehead atoms. The number of rotatable bonds is 8. The summed E-state index contributed by atoms with van der Waals surface area (Å²) in [5, 5.41) is 3.44. The van der Waals surface area contributed by atoms with Crippen LogP contribution in [0.4, 0.5) is 0 Å². The van der Waals surface area contributed by atoms with Gasteiger partial charge in [-0.3, -0.25) is 0 Å². The lowest BCUT2D eigenvalue weighted by Gasteiger charge is -2.11. The van der Waals surface area contributed by atoms with Crippen LogP contribution in [0.2, 0.25) is 0 Å². The minimum atomic E-state index is 0.830. The average molecular weight is 301 g/mol. The molecule has 0 unspecified atom stereocenters. The van der Waals surface area contributed by atoms with Crippen molar-refractivity contribution in [2.45, 2.75) is 13.0 Å². The van der Waals surface area contributed by atoms with Crippen molar-refractivity contribution in [2.24, 2.45) is 0 Å². The van der Waals surface area contributed by atoms with Crippen molar-refractivity contribution in [1.82, 2.24) is 5.32 Å². The molecule has 0 aromatic heterocycles. The third kappa shape index (κ3) is 4.40. The van der Waals surface area contributed by atoms with Crippen molar-refractivity contribution in [3.63, 3.8) is 0 Å². The highest BCUT2D eigenvalue weighted by Gasteiger charge is 2.04. The molecule has 118 valence electrons. The van der Waals surface area contributed by atoms with Gasteiger partial charge in [0.05, 0.1) is 21.3 Å². The Bertz CT molecular complexity index is 581. The molecule has 0 saturated carbocycles. The van der Waals surface area contributed by atoms with Gasteiger partial charge >= 0.3 is 0 Å². The van der Waals surface area contributed by atoms with Gasteiger partial charge in [-0.2, -0.15) is 0 Å². The molecule has 0 heterocycles. The van der Waals surface area contributed by atoms with Crippen molar-refractivity contribution in [3.05, 3.63) is 53.6 Å². The van der Waals surface area contributed by atoms with Crippen molar-refractivity contribution in [3.8, 4) is 17.2 Å². The number of nitrogens with one attached hydrogen (secondary N) is 1. The van der Waals surface area contributed by atoms with Crippen LogP contribution >= 0.6 is 0 Å². The number of hydrogen-bond donors (Lipinski definition) is 1. The fourth-order valence-electron chi connectivity index (χ4n) is 2.28. The van der Waals surface area contributed by atoms with Crippen LogP contribution in [-0.2, 0) is 13.0 Å². The lowest BCUT2D eigenvalue weighted by Crippen LogP contribution is -2.17. The average Bonchev–Trinajstić information content (AvgIpc) is 2.59. The molecule has 2 aromatic carbocycles. The van der Waals surface area contributed by atoms with Crippen LogP contribution in [0.25, 0.3) is 0 Å². The molecule has 0 aliphatic carbocycles. The minimum Gasteiger partial charge on any atom is -0.497 e. The van der Waals surface area contributed by atoms with Gasteiger partial charge in [0.2, 0.25) is 0 Å². The van der Waals surface area contributed by atoms with Crippen LogP contribution in [0.1, 0.15) is 11.1 Å². The summed E-state index contributed by atoms with van der Waals surface area (Å²) < 4.78 is 15.8. The molecule has 0 amide bonds. The van der Waals surface area contributed by atoms with Gasteiger partial charge in [0.15, 0.2) is 0 Å². The summed E-state index contributed by atoms with van der Waals surface area (Å²) >= 11 is 0. The summed E-state index contributed by atoms with van der Waals surface area (Å²) in [6.45, 7) is 1.70. The Balaban J connectivity index is 1.85. The van der Waals surface area contributed by atoms with Crippen LogP contribution in [0.5, 0.6) is 17.2 Å². The molecule has 1 N–H and O–H groups in total. The SMILES string of the molecule is COc1ccc(CNCCc2cc(OC)ccc2OC)cc1. The van der Waals surface area contributed by atoms with E-state index in [1.54, 1.807) is 21.3 Å². The Morgan fingerprint density at radius 3 is 2.14 bits per heavy atom. The Kier molecular flexibility index (Phi) is 6.10. The topological polar surface area (TPSA) is 39.7 Å². The summed E-state index contributed by atoms with van der Waals surface area (Å²) in [5.74, 6) is 2.63. The van der Waals surface area contributed by atoms with Gasteiger partial charge in [0.1, 0.15) is 17.2 Å². The van der Waals surface area contributed by atoms with E-state index in [4.69, 9.17) is 14.2 Å². The lowest BCUT2D eigenvalue weighted by atomic mass is 10.1. The van der Waals surface area contributed by atoms with Gasteiger partial charge in [-0.05, 0) is 54.4 Å². The van der Waals surface area contributed by atoms with Gasteiger partial charge in [0.25, 0.3) is 0 Å². The van der Waals surface area contributed by atoms with Crippen molar-refractivity contribution >= 4 is 0 Å². The molecule has 0 fully saturated rings. The number of methoxy groups -OCH3 is 3. The zero-order chi connectivity index (χ0) is 15.8. The van der Waals surface area contributed by atoms with E-state index >= 15 is 0 Å². The fourth-order valence-corrected chi connectivity index (χ4v) is 2.28. The van der Waals surface area contributed by atoms with Gasteiger partial charge in [0, 0.05) is 6.54 Å². The first-order chi connectivity index (χ1) is 10.8. The van der Waals surface area contributed by atoms with Crippen LogP contribution in [0.3, 0.4) is 0 Å². The molecule has 0 atom stereocenters. The third-order valence-electron chi connectivity index (χ3n) is 3.55. The van der Waals surface area contributed by atoms with E-state index in [-0.39, 0.29) is 0 Å². The minimum absolute atomic E-state index is 0.830. The van der Waals surface area contributed by atoms with Crippen LogP contribution in [0.15, 0.2) is 42.5 Å². The second kappa shape index (κ2) is 8.29. The van der Waals surface area contributed by atoms with Crippen LogP contribution in [0, 0.1) is 0 Å². The zero-order valence-electron chi connectivity index (χ0n) is 13.4. The lowest BCUT2D eigenvalue weighted by molar-refractivity contribution is 0.398. The first-order valence-corrected chi connectivity index (χ1v) is 7.31. The smallest absolute Gasteiger partial charge is 0.122 e. The highest BCUT2D eigenvalue weighted by molar-refractivity contribution is 5.40. The molecule has 22 heavy (non-hydrogen) atoms. The van der Waals surface area contributed by atoms with E-state index in [9.17, 15) is 0 Å². The quantitative estimate of drug-likeness (QED) is 0.761. The molecule has 0 spiro atoms. The Labute approximate surface area is 132 Å². The largest absolute Gasteiger partial charge is 0.497 e. The Morgan fingerprint density at radius 2 is 1.50 bits per heavy atom.